The number of rotatable bonds is 7. The smallest absolute Gasteiger partial charge is 0.317 e. The van der Waals surface area contributed by atoms with E-state index in [1.54, 1.807) is 4.90 Å². The molecule has 3 heterocycles. The molecular formula is C25H34N6O3. The minimum atomic E-state index is -0.214. The Morgan fingerprint density at radius 3 is 2.47 bits per heavy atom. The zero-order valence-corrected chi connectivity index (χ0v) is 20.1. The van der Waals surface area contributed by atoms with Crippen LogP contribution in [0.15, 0.2) is 36.4 Å². The Bertz CT molecular complexity index is 952. The van der Waals surface area contributed by atoms with E-state index in [1.165, 1.54) is 5.56 Å². The van der Waals surface area contributed by atoms with Gasteiger partial charge in [0.2, 0.25) is 5.91 Å². The van der Waals surface area contributed by atoms with Crippen molar-refractivity contribution >= 4 is 17.8 Å². The molecule has 2 saturated heterocycles. The number of nitrogens with zero attached hydrogens (tertiary/aromatic N) is 5. The van der Waals surface area contributed by atoms with Crippen molar-refractivity contribution in [3.05, 3.63) is 42.0 Å². The number of hydrogen-bond acceptors (Lipinski definition) is 6. The average Bonchev–Trinajstić information content (AvgIpc) is 3.38. The van der Waals surface area contributed by atoms with Crippen molar-refractivity contribution in [2.45, 2.75) is 32.8 Å². The number of nitrogens with one attached hydrogen (secondary N) is 1. The SMILES string of the molecule is CCNC(=O)N(CC(=O)N1CCN(c2ccc(-c3ccc(C)cc3)nn2)CC1)C[C@@H]1CCCO1. The lowest BCUT2D eigenvalue weighted by molar-refractivity contribution is -0.132. The first-order valence-corrected chi connectivity index (χ1v) is 12.1. The van der Waals surface area contributed by atoms with Crippen molar-refractivity contribution in [2.24, 2.45) is 0 Å². The lowest BCUT2D eigenvalue weighted by Gasteiger charge is -2.36. The molecule has 1 atom stereocenters. The van der Waals surface area contributed by atoms with Crippen LogP contribution in [0.3, 0.4) is 0 Å². The van der Waals surface area contributed by atoms with Crippen LogP contribution < -0.4 is 10.2 Å². The minimum Gasteiger partial charge on any atom is -0.376 e. The van der Waals surface area contributed by atoms with Gasteiger partial charge in [0.05, 0.1) is 11.8 Å². The zero-order valence-electron chi connectivity index (χ0n) is 20.1. The van der Waals surface area contributed by atoms with E-state index in [0.717, 1.165) is 36.5 Å². The third kappa shape index (κ3) is 6.02. The van der Waals surface area contributed by atoms with E-state index >= 15 is 0 Å². The molecule has 0 radical (unpaired) electrons. The maximum atomic E-state index is 13.0. The van der Waals surface area contributed by atoms with Crippen LogP contribution in [0.5, 0.6) is 0 Å². The van der Waals surface area contributed by atoms with E-state index in [1.807, 2.05) is 36.1 Å². The molecule has 1 aromatic carbocycles. The van der Waals surface area contributed by atoms with Crippen molar-refractivity contribution in [3.8, 4) is 11.3 Å². The summed E-state index contributed by atoms with van der Waals surface area (Å²) in [5, 5.41) is 11.6. The summed E-state index contributed by atoms with van der Waals surface area (Å²) < 4.78 is 5.68. The number of anilines is 1. The molecule has 182 valence electrons. The standard InChI is InChI=1S/C25H34N6O3/c1-3-26-25(33)31(17-21-5-4-16-34-21)18-24(32)30-14-12-29(13-15-30)23-11-10-22(27-28-23)20-8-6-19(2)7-9-20/h6-11,21H,3-5,12-18H2,1-2H3,(H,26,33)/t21-/m0/s1. The molecule has 0 aliphatic carbocycles. The fourth-order valence-corrected chi connectivity index (χ4v) is 4.34. The molecule has 2 aromatic rings. The molecule has 0 unspecified atom stereocenters. The zero-order chi connectivity index (χ0) is 23.9. The monoisotopic (exact) mass is 466 g/mol. The van der Waals surface area contributed by atoms with Crippen molar-refractivity contribution in [1.82, 2.24) is 25.3 Å². The second-order valence-electron chi connectivity index (χ2n) is 8.86. The molecule has 2 aliphatic rings. The minimum absolute atomic E-state index is 0.00806. The first kappa shape index (κ1) is 23.9. The summed E-state index contributed by atoms with van der Waals surface area (Å²) in [4.78, 5) is 31.0. The van der Waals surface area contributed by atoms with Gasteiger partial charge in [-0.3, -0.25) is 4.79 Å². The summed E-state index contributed by atoms with van der Waals surface area (Å²) in [6.07, 6.45) is 1.93. The summed E-state index contributed by atoms with van der Waals surface area (Å²) in [6, 6.07) is 12.0. The van der Waals surface area contributed by atoms with Gasteiger partial charge in [-0.25, -0.2) is 4.79 Å². The summed E-state index contributed by atoms with van der Waals surface area (Å²) in [6.45, 7) is 8.22. The summed E-state index contributed by atoms with van der Waals surface area (Å²) in [7, 11) is 0. The molecule has 2 aliphatic heterocycles. The number of ether oxygens (including phenoxy) is 1. The van der Waals surface area contributed by atoms with Gasteiger partial charge < -0.3 is 24.8 Å². The summed E-state index contributed by atoms with van der Waals surface area (Å²) in [5.41, 5.74) is 3.09. The van der Waals surface area contributed by atoms with Crippen LogP contribution in [0.4, 0.5) is 10.6 Å². The van der Waals surface area contributed by atoms with Crippen LogP contribution in [0.25, 0.3) is 11.3 Å². The van der Waals surface area contributed by atoms with Crippen molar-refractivity contribution in [3.63, 3.8) is 0 Å². The van der Waals surface area contributed by atoms with Crippen LogP contribution in [0.1, 0.15) is 25.3 Å². The van der Waals surface area contributed by atoms with E-state index < -0.39 is 0 Å². The number of hydrogen-bond donors (Lipinski definition) is 1. The van der Waals surface area contributed by atoms with E-state index in [0.29, 0.717) is 39.3 Å². The van der Waals surface area contributed by atoms with E-state index in [4.69, 9.17) is 4.74 Å². The Labute approximate surface area is 201 Å². The number of benzene rings is 1. The highest BCUT2D eigenvalue weighted by molar-refractivity contribution is 5.84. The molecule has 4 rings (SSSR count). The molecule has 0 saturated carbocycles. The van der Waals surface area contributed by atoms with Gasteiger partial charge in [-0.15, -0.1) is 10.2 Å². The topological polar surface area (TPSA) is 90.9 Å². The fourth-order valence-electron chi connectivity index (χ4n) is 4.34. The number of carbonyl (C=O) groups excluding carboxylic acids is 2. The van der Waals surface area contributed by atoms with Gasteiger partial charge in [-0.05, 0) is 38.8 Å². The highest BCUT2D eigenvalue weighted by atomic mass is 16.5. The van der Waals surface area contributed by atoms with Crippen LogP contribution in [-0.2, 0) is 9.53 Å². The molecule has 0 spiro atoms. The van der Waals surface area contributed by atoms with Gasteiger partial charge >= 0.3 is 6.03 Å². The number of carbonyl (C=O) groups is 2. The highest BCUT2D eigenvalue weighted by Crippen LogP contribution is 2.20. The Hall–Kier alpha value is -3.20. The molecule has 2 fully saturated rings. The Morgan fingerprint density at radius 1 is 1.09 bits per heavy atom. The van der Waals surface area contributed by atoms with Crippen molar-refractivity contribution < 1.29 is 14.3 Å². The van der Waals surface area contributed by atoms with E-state index in [-0.39, 0.29) is 24.6 Å². The largest absolute Gasteiger partial charge is 0.376 e. The van der Waals surface area contributed by atoms with E-state index in [9.17, 15) is 9.59 Å². The normalized spacial score (nSPS) is 18.1. The molecule has 9 heteroatoms. The van der Waals surface area contributed by atoms with Gasteiger partial charge in [0.25, 0.3) is 0 Å². The Balaban J connectivity index is 1.30. The molecular weight excluding hydrogens is 432 g/mol. The summed E-state index contributed by atoms with van der Waals surface area (Å²) >= 11 is 0. The third-order valence-electron chi connectivity index (χ3n) is 6.34. The van der Waals surface area contributed by atoms with E-state index in [2.05, 4.69) is 39.5 Å². The second kappa shape index (κ2) is 11.3. The first-order chi connectivity index (χ1) is 16.5. The lowest BCUT2D eigenvalue weighted by Crippen LogP contribution is -2.54. The van der Waals surface area contributed by atoms with Crippen LogP contribution in [-0.4, -0.2) is 90.5 Å². The van der Waals surface area contributed by atoms with Gasteiger partial charge in [0, 0.05) is 51.4 Å². The van der Waals surface area contributed by atoms with Gasteiger partial charge in [-0.2, -0.15) is 0 Å². The Kier molecular flexibility index (Phi) is 7.95. The second-order valence-corrected chi connectivity index (χ2v) is 8.86. The van der Waals surface area contributed by atoms with Gasteiger partial charge in [0.1, 0.15) is 6.54 Å². The van der Waals surface area contributed by atoms with Crippen molar-refractivity contribution in [1.29, 1.82) is 0 Å². The molecule has 1 aromatic heterocycles. The number of aromatic nitrogens is 2. The number of amides is 3. The molecule has 0 bridgehead atoms. The highest BCUT2D eigenvalue weighted by Gasteiger charge is 2.28. The quantitative estimate of drug-likeness (QED) is 0.674. The van der Waals surface area contributed by atoms with Crippen molar-refractivity contribution in [2.75, 3.05) is 57.3 Å². The van der Waals surface area contributed by atoms with Crippen LogP contribution in [0.2, 0.25) is 0 Å². The molecule has 34 heavy (non-hydrogen) atoms. The van der Waals surface area contributed by atoms with Gasteiger partial charge in [-0.1, -0.05) is 29.8 Å². The lowest BCUT2D eigenvalue weighted by atomic mass is 10.1. The predicted octanol–water partition coefficient (Wildman–Crippen LogP) is 2.31. The molecule has 3 amide bonds. The van der Waals surface area contributed by atoms with Crippen LogP contribution >= 0.6 is 0 Å². The van der Waals surface area contributed by atoms with Gasteiger partial charge in [0.15, 0.2) is 5.82 Å². The number of urea groups is 1. The maximum absolute atomic E-state index is 13.0. The molecule has 1 N–H and O–H groups in total. The van der Waals surface area contributed by atoms with Crippen LogP contribution in [0, 0.1) is 6.92 Å². The fraction of sp³-hybridized carbons (Fsp3) is 0.520. The first-order valence-electron chi connectivity index (χ1n) is 12.1. The molecule has 9 nitrogen and oxygen atoms in total. The third-order valence-corrected chi connectivity index (χ3v) is 6.34. The average molecular weight is 467 g/mol. The Morgan fingerprint density at radius 2 is 1.85 bits per heavy atom. The number of aryl methyl sites for hydroxylation is 1. The summed E-state index contributed by atoms with van der Waals surface area (Å²) in [5.74, 6) is 0.773. The predicted molar refractivity (Wildman–Crippen MR) is 131 cm³/mol. The number of piperazine rings is 1. The maximum Gasteiger partial charge on any atom is 0.317 e.